The Bertz CT molecular complexity index is 820. The number of nitrogens with zero attached hydrogens (tertiary/aromatic N) is 2. The SMILES string of the molecule is COC(=O)Cc1cn2[nH]c(-c3cccc(Br)c3)c(C)c2n1. The fraction of sp³-hybridized carbons (Fsp3) is 0.200. The third kappa shape index (κ3) is 2.58. The lowest BCUT2D eigenvalue weighted by molar-refractivity contribution is -0.139. The van der Waals surface area contributed by atoms with E-state index in [-0.39, 0.29) is 12.4 Å². The van der Waals surface area contributed by atoms with Crippen LogP contribution >= 0.6 is 15.9 Å². The van der Waals surface area contributed by atoms with Crippen LogP contribution in [0, 0.1) is 6.92 Å². The number of hydrogen-bond donors (Lipinski definition) is 1. The highest BCUT2D eigenvalue weighted by atomic mass is 79.9. The average Bonchev–Trinajstić information content (AvgIpc) is 2.98. The molecule has 0 saturated carbocycles. The summed E-state index contributed by atoms with van der Waals surface area (Å²) in [6.45, 7) is 2.01. The molecule has 6 heteroatoms. The van der Waals surface area contributed by atoms with Crippen LogP contribution in [0.5, 0.6) is 0 Å². The van der Waals surface area contributed by atoms with Crippen molar-refractivity contribution in [2.24, 2.45) is 0 Å². The van der Waals surface area contributed by atoms with Crippen LogP contribution in [0.1, 0.15) is 11.3 Å². The lowest BCUT2D eigenvalue weighted by atomic mass is 10.1. The van der Waals surface area contributed by atoms with Gasteiger partial charge in [-0.2, -0.15) is 0 Å². The van der Waals surface area contributed by atoms with Crippen molar-refractivity contribution in [2.75, 3.05) is 7.11 Å². The molecule has 3 rings (SSSR count). The number of esters is 1. The van der Waals surface area contributed by atoms with Gasteiger partial charge in [0.15, 0.2) is 5.65 Å². The van der Waals surface area contributed by atoms with Crippen molar-refractivity contribution in [3.63, 3.8) is 0 Å². The maximum atomic E-state index is 11.3. The Kier molecular flexibility index (Phi) is 3.55. The first kappa shape index (κ1) is 13.9. The summed E-state index contributed by atoms with van der Waals surface area (Å²) in [6, 6.07) is 8.07. The Hall–Kier alpha value is -2.08. The van der Waals surface area contributed by atoms with Crippen LogP contribution in [-0.4, -0.2) is 27.7 Å². The topological polar surface area (TPSA) is 59.4 Å². The summed E-state index contributed by atoms with van der Waals surface area (Å²) in [7, 11) is 1.38. The molecule has 0 aliphatic heterocycles. The molecule has 21 heavy (non-hydrogen) atoms. The molecule has 0 fully saturated rings. The van der Waals surface area contributed by atoms with E-state index in [9.17, 15) is 4.79 Å². The van der Waals surface area contributed by atoms with Crippen molar-refractivity contribution >= 4 is 27.5 Å². The molecule has 108 valence electrons. The minimum atomic E-state index is -0.291. The molecule has 1 N–H and O–H groups in total. The first-order valence-electron chi connectivity index (χ1n) is 6.48. The highest BCUT2D eigenvalue weighted by molar-refractivity contribution is 9.10. The van der Waals surface area contributed by atoms with E-state index < -0.39 is 0 Å². The molecule has 0 saturated heterocycles. The van der Waals surface area contributed by atoms with Gasteiger partial charge >= 0.3 is 5.97 Å². The second kappa shape index (κ2) is 5.37. The highest BCUT2D eigenvalue weighted by Gasteiger charge is 2.14. The molecule has 5 nitrogen and oxygen atoms in total. The van der Waals surface area contributed by atoms with Crippen LogP contribution in [0.4, 0.5) is 0 Å². The molecule has 0 amide bonds. The molecular weight excluding hydrogens is 334 g/mol. The number of rotatable bonds is 3. The Morgan fingerprint density at radius 3 is 2.95 bits per heavy atom. The zero-order chi connectivity index (χ0) is 15.0. The van der Waals surface area contributed by atoms with Crippen LogP contribution in [0.3, 0.4) is 0 Å². The van der Waals surface area contributed by atoms with E-state index in [2.05, 4.69) is 30.7 Å². The molecule has 3 aromatic rings. The van der Waals surface area contributed by atoms with Gasteiger partial charge in [-0.3, -0.25) is 9.89 Å². The predicted octanol–water partition coefficient (Wildman–Crippen LogP) is 3.12. The molecule has 0 unspecified atom stereocenters. The van der Waals surface area contributed by atoms with Crippen molar-refractivity contribution < 1.29 is 9.53 Å². The quantitative estimate of drug-likeness (QED) is 0.740. The predicted molar refractivity (Wildman–Crippen MR) is 83.1 cm³/mol. The van der Waals surface area contributed by atoms with Crippen molar-refractivity contribution in [2.45, 2.75) is 13.3 Å². The van der Waals surface area contributed by atoms with E-state index in [1.54, 1.807) is 0 Å². The summed E-state index contributed by atoms with van der Waals surface area (Å²) in [4.78, 5) is 15.8. The fourth-order valence-electron chi connectivity index (χ4n) is 2.33. The van der Waals surface area contributed by atoms with Crippen LogP contribution in [0.2, 0.25) is 0 Å². The molecule has 0 aliphatic carbocycles. The number of aromatic nitrogens is 3. The summed E-state index contributed by atoms with van der Waals surface area (Å²) in [5, 5.41) is 3.30. The van der Waals surface area contributed by atoms with Gasteiger partial charge in [-0.05, 0) is 19.1 Å². The molecule has 0 spiro atoms. The largest absolute Gasteiger partial charge is 0.469 e. The minimum Gasteiger partial charge on any atom is -0.469 e. The number of benzene rings is 1. The van der Waals surface area contributed by atoms with Gasteiger partial charge < -0.3 is 4.74 Å². The number of imidazole rings is 1. The van der Waals surface area contributed by atoms with E-state index in [0.717, 1.165) is 26.9 Å². The van der Waals surface area contributed by atoms with Crippen LogP contribution in [0.15, 0.2) is 34.9 Å². The number of carbonyl (C=O) groups is 1. The Labute approximate surface area is 130 Å². The van der Waals surface area contributed by atoms with E-state index in [4.69, 9.17) is 0 Å². The van der Waals surface area contributed by atoms with Gasteiger partial charge in [0.25, 0.3) is 0 Å². The lowest BCUT2D eigenvalue weighted by Crippen LogP contribution is -2.04. The maximum absolute atomic E-state index is 11.3. The number of hydrogen-bond acceptors (Lipinski definition) is 3. The Morgan fingerprint density at radius 2 is 2.29 bits per heavy atom. The smallest absolute Gasteiger partial charge is 0.311 e. The van der Waals surface area contributed by atoms with Crippen LogP contribution < -0.4 is 0 Å². The molecule has 0 atom stereocenters. The van der Waals surface area contributed by atoms with Gasteiger partial charge in [0.05, 0.1) is 31.1 Å². The molecule has 0 bridgehead atoms. The van der Waals surface area contributed by atoms with E-state index >= 15 is 0 Å². The van der Waals surface area contributed by atoms with Gasteiger partial charge in [-0.25, -0.2) is 9.50 Å². The standard InChI is InChI=1S/C15H14BrN3O2/c1-9-14(10-4-3-5-11(16)6-10)18-19-8-12(17-15(9)19)7-13(20)21-2/h3-6,8,18H,7H2,1-2H3. The molecular formula is C15H14BrN3O2. The first-order valence-corrected chi connectivity index (χ1v) is 7.27. The number of fused-ring (bicyclic) bond motifs is 1. The summed E-state index contributed by atoms with van der Waals surface area (Å²) in [5.41, 5.74) is 4.66. The number of nitrogens with one attached hydrogen (secondary N) is 1. The van der Waals surface area contributed by atoms with Gasteiger partial charge in [0.2, 0.25) is 0 Å². The zero-order valence-corrected chi connectivity index (χ0v) is 13.3. The minimum absolute atomic E-state index is 0.178. The molecule has 1 aromatic carbocycles. The zero-order valence-electron chi connectivity index (χ0n) is 11.7. The number of ether oxygens (including phenoxy) is 1. The number of aromatic amines is 1. The second-order valence-electron chi connectivity index (χ2n) is 4.80. The summed E-state index contributed by atoms with van der Waals surface area (Å²) in [6.07, 6.45) is 2.00. The monoisotopic (exact) mass is 347 g/mol. The highest BCUT2D eigenvalue weighted by Crippen LogP contribution is 2.27. The molecule has 2 heterocycles. The first-order chi connectivity index (χ1) is 10.1. The van der Waals surface area contributed by atoms with Gasteiger partial charge in [0, 0.05) is 15.6 Å². The number of H-pyrrole nitrogens is 1. The Morgan fingerprint density at radius 1 is 1.48 bits per heavy atom. The van der Waals surface area contributed by atoms with Crippen molar-refractivity contribution in [3.8, 4) is 11.3 Å². The normalized spacial score (nSPS) is 11.0. The summed E-state index contributed by atoms with van der Waals surface area (Å²) in [5.74, 6) is -0.291. The third-order valence-corrected chi connectivity index (χ3v) is 3.86. The van der Waals surface area contributed by atoms with E-state index in [0.29, 0.717) is 5.69 Å². The average molecular weight is 348 g/mol. The van der Waals surface area contributed by atoms with E-state index in [1.807, 2.05) is 41.9 Å². The van der Waals surface area contributed by atoms with Crippen molar-refractivity contribution in [3.05, 3.63) is 46.2 Å². The Balaban J connectivity index is 2.02. The van der Waals surface area contributed by atoms with Gasteiger partial charge in [0.1, 0.15) is 0 Å². The van der Waals surface area contributed by atoms with Gasteiger partial charge in [-0.1, -0.05) is 28.1 Å². The second-order valence-corrected chi connectivity index (χ2v) is 5.72. The number of carbonyl (C=O) groups excluding carboxylic acids is 1. The lowest BCUT2D eigenvalue weighted by Gasteiger charge is -2.00. The summed E-state index contributed by atoms with van der Waals surface area (Å²) >= 11 is 3.48. The van der Waals surface area contributed by atoms with E-state index in [1.165, 1.54) is 7.11 Å². The van der Waals surface area contributed by atoms with Gasteiger partial charge in [-0.15, -0.1) is 0 Å². The molecule has 0 radical (unpaired) electrons. The van der Waals surface area contributed by atoms with Crippen LogP contribution in [0.25, 0.3) is 16.9 Å². The maximum Gasteiger partial charge on any atom is 0.311 e. The number of halogens is 1. The van der Waals surface area contributed by atoms with Crippen LogP contribution in [-0.2, 0) is 16.0 Å². The number of methoxy groups -OCH3 is 1. The van der Waals surface area contributed by atoms with Crippen molar-refractivity contribution in [1.82, 2.24) is 14.6 Å². The number of aryl methyl sites for hydroxylation is 1. The third-order valence-electron chi connectivity index (χ3n) is 3.36. The van der Waals surface area contributed by atoms with Crippen molar-refractivity contribution in [1.29, 1.82) is 0 Å². The summed E-state index contributed by atoms with van der Waals surface area (Å²) < 4.78 is 7.52. The molecule has 0 aliphatic rings. The molecule has 2 aromatic heterocycles. The fourth-order valence-corrected chi connectivity index (χ4v) is 2.72.